The quantitative estimate of drug-likeness (QED) is 0.917. The maximum absolute atomic E-state index is 12.4. The minimum atomic E-state index is 0.139. The number of amides is 1. The highest BCUT2D eigenvalue weighted by Crippen LogP contribution is 2.20. The van der Waals surface area contributed by atoms with Crippen molar-refractivity contribution in [3.8, 4) is 0 Å². The molecular weight excluding hydrogens is 318 g/mol. The number of likely N-dealkylation sites (tertiary alicyclic amines) is 1. The summed E-state index contributed by atoms with van der Waals surface area (Å²) in [5, 5.41) is 3.31. The van der Waals surface area contributed by atoms with Crippen molar-refractivity contribution >= 4 is 34.5 Å². The highest BCUT2D eigenvalue weighted by atomic mass is 35.5. The number of halogens is 1. The van der Waals surface area contributed by atoms with Gasteiger partial charge in [0.05, 0.1) is 6.54 Å². The molecule has 1 aliphatic rings. The van der Waals surface area contributed by atoms with Crippen LogP contribution in [0, 0.1) is 0 Å². The summed E-state index contributed by atoms with van der Waals surface area (Å²) in [6.45, 7) is 2.44. The van der Waals surface area contributed by atoms with E-state index in [1.54, 1.807) is 6.20 Å². The van der Waals surface area contributed by atoms with Crippen molar-refractivity contribution in [2.75, 3.05) is 18.4 Å². The van der Waals surface area contributed by atoms with Gasteiger partial charge in [0, 0.05) is 35.4 Å². The molecule has 4 nitrogen and oxygen atoms in total. The van der Waals surface area contributed by atoms with Crippen LogP contribution < -0.4 is 5.32 Å². The number of anilines is 1. The van der Waals surface area contributed by atoms with Crippen LogP contribution in [0.15, 0.2) is 30.5 Å². The first-order valence-corrected chi connectivity index (χ1v) is 8.65. The number of hydrogen-bond acceptors (Lipinski definition) is 4. The van der Waals surface area contributed by atoms with E-state index in [2.05, 4.69) is 10.3 Å². The monoisotopic (exact) mass is 335 g/mol. The van der Waals surface area contributed by atoms with Gasteiger partial charge in [0.1, 0.15) is 0 Å². The molecule has 0 radical (unpaired) electrons. The number of benzene rings is 1. The maximum atomic E-state index is 12.4. The molecule has 1 amide bonds. The summed E-state index contributed by atoms with van der Waals surface area (Å²) in [5.74, 6) is 0.139. The Labute approximate surface area is 139 Å². The number of nitrogens with zero attached hydrogens (tertiary/aromatic N) is 2. The molecular formula is C16H18ClN3OS. The first-order valence-electron chi connectivity index (χ1n) is 7.46. The molecule has 1 aromatic heterocycles. The SMILES string of the molecule is O=C(c1ccc(NCc2cnc(Cl)s2)cc1)N1CCCCC1. The second-order valence-electron chi connectivity index (χ2n) is 5.36. The normalized spacial score (nSPS) is 14.9. The van der Waals surface area contributed by atoms with E-state index in [4.69, 9.17) is 11.6 Å². The van der Waals surface area contributed by atoms with Gasteiger partial charge in [-0.25, -0.2) is 4.98 Å². The third kappa shape index (κ3) is 3.78. The molecule has 0 bridgehead atoms. The number of aromatic nitrogens is 1. The van der Waals surface area contributed by atoms with Crippen molar-refractivity contribution in [2.24, 2.45) is 0 Å². The molecule has 0 saturated carbocycles. The van der Waals surface area contributed by atoms with E-state index in [0.29, 0.717) is 11.0 Å². The van der Waals surface area contributed by atoms with Crippen molar-refractivity contribution in [3.05, 3.63) is 45.4 Å². The van der Waals surface area contributed by atoms with Crippen LogP contribution in [-0.4, -0.2) is 28.9 Å². The zero-order valence-corrected chi connectivity index (χ0v) is 13.8. The summed E-state index contributed by atoms with van der Waals surface area (Å²) < 4.78 is 0.555. The summed E-state index contributed by atoms with van der Waals surface area (Å²) in [6.07, 6.45) is 5.23. The Kier molecular flexibility index (Phi) is 4.95. The molecule has 22 heavy (non-hydrogen) atoms. The van der Waals surface area contributed by atoms with Crippen LogP contribution in [0.3, 0.4) is 0 Å². The largest absolute Gasteiger partial charge is 0.380 e. The van der Waals surface area contributed by atoms with Crippen LogP contribution in [0.25, 0.3) is 0 Å². The standard InChI is InChI=1S/C16H18ClN3OS/c17-16-19-11-14(22-16)10-18-13-6-4-12(5-7-13)15(21)20-8-2-1-3-9-20/h4-7,11,18H,1-3,8-10H2. The second-order valence-corrected chi connectivity index (χ2v) is 7.06. The van der Waals surface area contributed by atoms with Crippen molar-refractivity contribution in [3.63, 3.8) is 0 Å². The molecule has 0 unspecified atom stereocenters. The molecule has 2 aromatic rings. The van der Waals surface area contributed by atoms with Crippen LogP contribution >= 0.6 is 22.9 Å². The van der Waals surface area contributed by atoms with Crippen LogP contribution in [-0.2, 0) is 6.54 Å². The van der Waals surface area contributed by atoms with Crippen LogP contribution in [0.5, 0.6) is 0 Å². The topological polar surface area (TPSA) is 45.2 Å². The lowest BCUT2D eigenvalue weighted by atomic mass is 10.1. The number of nitrogens with one attached hydrogen (secondary N) is 1. The maximum Gasteiger partial charge on any atom is 0.253 e. The van der Waals surface area contributed by atoms with Crippen LogP contribution in [0.1, 0.15) is 34.5 Å². The molecule has 0 spiro atoms. The van der Waals surface area contributed by atoms with E-state index in [1.165, 1.54) is 17.8 Å². The molecule has 1 aliphatic heterocycles. The van der Waals surface area contributed by atoms with E-state index in [-0.39, 0.29) is 5.91 Å². The summed E-state index contributed by atoms with van der Waals surface area (Å²) in [5.41, 5.74) is 1.74. The van der Waals surface area contributed by atoms with E-state index in [1.807, 2.05) is 29.2 Å². The third-order valence-electron chi connectivity index (χ3n) is 3.77. The zero-order valence-electron chi connectivity index (χ0n) is 12.2. The van der Waals surface area contributed by atoms with Gasteiger partial charge in [-0.1, -0.05) is 11.6 Å². The first kappa shape index (κ1) is 15.3. The molecule has 1 aromatic carbocycles. The molecule has 3 rings (SSSR count). The fourth-order valence-corrected chi connectivity index (χ4v) is 3.48. The highest BCUT2D eigenvalue weighted by molar-refractivity contribution is 7.15. The highest BCUT2D eigenvalue weighted by Gasteiger charge is 2.17. The molecule has 2 heterocycles. The Hall–Kier alpha value is -1.59. The average molecular weight is 336 g/mol. The molecule has 1 N–H and O–H groups in total. The summed E-state index contributed by atoms with van der Waals surface area (Å²) in [7, 11) is 0. The van der Waals surface area contributed by atoms with E-state index in [0.717, 1.165) is 42.1 Å². The van der Waals surface area contributed by atoms with Gasteiger partial charge in [0.2, 0.25) is 0 Å². The number of carbonyl (C=O) groups excluding carboxylic acids is 1. The second kappa shape index (κ2) is 7.11. The Morgan fingerprint density at radius 3 is 2.59 bits per heavy atom. The summed E-state index contributed by atoms with van der Waals surface area (Å²) in [4.78, 5) is 19.4. The fourth-order valence-electron chi connectivity index (χ4n) is 2.56. The van der Waals surface area contributed by atoms with Crippen molar-refractivity contribution in [1.29, 1.82) is 0 Å². The lowest BCUT2D eigenvalue weighted by molar-refractivity contribution is 0.0724. The number of carbonyl (C=O) groups is 1. The van der Waals surface area contributed by atoms with Gasteiger partial charge >= 0.3 is 0 Å². The lowest BCUT2D eigenvalue weighted by Crippen LogP contribution is -2.35. The average Bonchev–Trinajstić information content (AvgIpc) is 2.99. The predicted octanol–water partition coefficient (Wildman–Crippen LogP) is 4.03. The van der Waals surface area contributed by atoms with E-state index < -0.39 is 0 Å². The molecule has 116 valence electrons. The van der Waals surface area contributed by atoms with Gasteiger partial charge in [-0.3, -0.25) is 4.79 Å². The van der Waals surface area contributed by atoms with Crippen LogP contribution in [0.2, 0.25) is 4.47 Å². The Balaban J connectivity index is 1.58. The fraction of sp³-hybridized carbons (Fsp3) is 0.375. The molecule has 0 atom stereocenters. The predicted molar refractivity (Wildman–Crippen MR) is 90.6 cm³/mol. The van der Waals surface area contributed by atoms with Crippen LogP contribution in [0.4, 0.5) is 5.69 Å². The molecule has 1 fully saturated rings. The number of thiazole rings is 1. The van der Waals surface area contributed by atoms with Gasteiger partial charge < -0.3 is 10.2 Å². The third-order valence-corrected chi connectivity index (χ3v) is 4.88. The number of piperidine rings is 1. The van der Waals surface area contributed by atoms with Gasteiger partial charge in [-0.05, 0) is 43.5 Å². The Bertz CT molecular complexity index is 635. The first-order chi connectivity index (χ1) is 10.7. The van der Waals surface area contributed by atoms with Gasteiger partial charge in [-0.2, -0.15) is 0 Å². The van der Waals surface area contributed by atoms with E-state index >= 15 is 0 Å². The zero-order chi connectivity index (χ0) is 15.4. The number of rotatable bonds is 4. The molecule has 1 saturated heterocycles. The van der Waals surface area contributed by atoms with Crippen molar-refractivity contribution in [1.82, 2.24) is 9.88 Å². The lowest BCUT2D eigenvalue weighted by Gasteiger charge is -2.26. The van der Waals surface area contributed by atoms with Gasteiger partial charge in [0.25, 0.3) is 5.91 Å². The summed E-state index contributed by atoms with van der Waals surface area (Å²) >= 11 is 7.27. The Morgan fingerprint density at radius 2 is 1.95 bits per heavy atom. The van der Waals surface area contributed by atoms with Crippen molar-refractivity contribution in [2.45, 2.75) is 25.8 Å². The van der Waals surface area contributed by atoms with Crippen molar-refractivity contribution < 1.29 is 4.79 Å². The minimum Gasteiger partial charge on any atom is -0.380 e. The summed E-state index contributed by atoms with van der Waals surface area (Å²) in [6, 6.07) is 7.66. The molecule has 0 aliphatic carbocycles. The van der Waals surface area contributed by atoms with Gasteiger partial charge in [-0.15, -0.1) is 11.3 Å². The smallest absolute Gasteiger partial charge is 0.253 e. The van der Waals surface area contributed by atoms with Gasteiger partial charge in [0.15, 0.2) is 4.47 Å². The Morgan fingerprint density at radius 1 is 1.23 bits per heavy atom. The molecule has 6 heteroatoms. The number of hydrogen-bond donors (Lipinski definition) is 1. The minimum absolute atomic E-state index is 0.139. The van der Waals surface area contributed by atoms with E-state index in [9.17, 15) is 4.79 Å².